The van der Waals surface area contributed by atoms with E-state index in [4.69, 9.17) is 5.73 Å². The Morgan fingerprint density at radius 2 is 2.38 bits per heavy atom. The second kappa shape index (κ2) is 3.95. The fourth-order valence-electron chi connectivity index (χ4n) is 0.331. The van der Waals surface area contributed by atoms with Crippen LogP contribution >= 0.6 is 24.2 Å². The average Bonchev–Trinajstić information content (AvgIpc) is 1.69. The number of hydrogen-bond donors (Lipinski definition) is 1. The van der Waals surface area contributed by atoms with E-state index in [-0.39, 0.29) is 17.9 Å². The normalized spacial score (nSPS) is 24.9. The summed E-state index contributed by atoms with van der Waals surface area (Å²) in [6.45, 7) is 0. The molecule has 1 heterocycles. The van der Waals surface area contributed by atoms with Crippen molar-refractivity contribution in [2.75, 3.05) is 0 Å². The lowest BCUT2D eigenvalue weighted by Crippen LogP contribution is -2.11. The number of aliphatic imine (C=N–C) groups is 1. The maximum Gasteiger partial charge on any atom is 0.148 e. The van der Waals surface area contributed by atoms with E-state index in [0.29, 0.717) is 0 Å². The smallest absolute Gasteiger partial charge is 0.148 e. The summed E-state index contributed by atoms with van der Waals surface area (Å²) < 4.78 is 0. The molecular weight excluding hydrogens is 144 g/mol. The first-order chi connectivity index (χ1) is 3.39. The highest BCUT2D eigenvalue weighted by Crippen LogP contribution is 2.09. The maximum atomic E-state index is 5.35. The van der Waals surface area contributed by atoms with Crippen LogP contribution in [0.5, 0.6) is 0 Å². The van der Waals surface area contributed by atoms with Gasteiger partial charge in [-0.15, -0.1) is 12.4 Å². The minimum Gasteiger partial charge on any atom is -0.301 e. The van der Waals surface area contributed by atoms with Gasteiger partial charge in [-0.05, 0) is 11.5 Å². The highest BCUT2D eigenvalue weighted by atomic mass is 35.5. The van der Waals surface area contributed by atoms with Crippen LogP contribution in [0.2, 0.25) is 0 Å². The van der Waals surface area contributed by atoms with Gasteiger partial charge in [-0.2, -0.15) is 0 Å². The molecule has 0 fully saturated rings. The lowest BCUT2D eigenvalue weighted by molar-refractivity contribution is 0.998. The van der Waals surface area contributed by atoms with Crippen molar-refractivity contribution in [2.45, 2.75) is 5.50 Å². The zero-order chi connectivity index (χ0) is 5.11. The second-order valence-electron chi connectivity index (χ2n) is 1.15. The van der Waals surface area contributed by atoms with Crippen molar-refractivity contribution in [3.63, 3.8) is 0 Å². The molecule has 0 saturated carbocycles. The topological polar surface area (TPSA) is 38.4 Å². The second-order valence-corrected chi connectivity index (χ2v) is 2.18. The third-order valence-electron chi connectivity index (χ3n) is 0.616. The molecule has 0 amide bonds. The molecule has 0 aromatic rings. The molecule has 1 unspecified atom stereocenters. The number of hydrogen-bond acceptors (Lipinski definition) is 3. The molecule has 46 valence electrons. The molecule has 2 N–H and O–H groups in total. The van der Waals surface area contributed by atoms with Gasteiger partial charge >= 0.3 is 0 Å². The summed E-state index contributed by atoms with van der Waals surface area (Å²) in [4.78, 5) is 3.86. The summed E-state index contributed by atoms with van der Waals surface area (Å²) in [6, 6.07) is 0. The molecule has 2 nitrogen and oxygen atoms in total. The predicted molar refractivity (Wildman–Crippen MR) is 40.4 cm³/mol. The molecular formula is C4H7ClN2S. The van der Waals surface area contributed by atoms with E-state index >= 15 is 0 Å². The van der Waals surface area contributed by atoms with Crippen LogP contribution in [0, 0.1) is 0 Å². The van der Waals surface area contributed by atoms with Gasteiger partial charge in [0, 0.05) is 6.21 Å². The van der Waals surface area contributed by atoms with Gasteiger partial charge in [-0.1, -0.05) is 11.8 Å². The van der Waals surface area contributed by atoms with Crippen molar-refractivity contribution in [1.82, 2.24) is 0 Å². The lowest BCUT2D eigenvalue weighted by Gasteiger charge is -2.02. The fourth-order valence-corrected chi connectivity index (χ4v) is 0.793. The Morgan fingerprint density at radius 1 is 1.62 bits per heavy atom. The Balaban J connectivity index is 0.000000490. The highest BCUT2D eigenvalue weighted by molar-refractivity contribution is 8.02. The van der Waals surface area contributed by atoms with Gasteiger partial charge in [-0.25, -0.2) is 0 Å². The first-order valence-corrected chi connectivity index (χ1v) is 2.93. The minimum absolute atomic E-state index is 0. The van der Waals surface area contributed by atoms with Crippen molar-refractivity contribution in [3.8, 4) is 0 Å². The minimum atomic E-state index is -0.0648. The number of thioether (sulfide) groups is 1. The van der Waals surface area contributed by atoms with Crippen LogP contribution in [-0.2, 0) is 0 Å². The highest BCUT2D eigenvalue weighted by Gasteiger charge is 1.94. The van der Waals surface area contributed by atoms with Crippen LogP contribution in [0.3, 0.4) is 0 Å². The first-order valence-electron chi connectivity index (χ1n) is 1.99. The number of rotatable bonds is 0. The van der Waals surface area contributed by atoms with Crippen LogP contribution in [0.15, 0.2) is 16.5 Å². The van der Waals surface area contributed by atoms with Crippen molar-refractivity contribution < 1.29 is 0 Å². The van der Waals surface area contributed by atoms with Gasteiger partial charge in [0.2, 0.25) is 0 Å². The van der Waals surface area contributed by atoms with Crippen molar-refractivity contribution >= 4 is 30.4 Å². The van der Waals surface area contributed by atoms with Crippen LogP contribution < -0.4 is 5.73 Å². The Hall–Kier alpha value is 0.01000. The van der Waals surface area contributed by atoms with Crippen molar-refractivity contribution in [1.29, 1.82) is 0 Å². The SMILES string of the molecule is Cl.NC1N=CC=CS1. The largest absolute Gasteiger partial charge is 0.301 e. The number of nitrogens with two attached hydrogens (primary N) is 1. The van der Waals surface area contributed by atoms with Crippen LogP contribution in [0.1, 0.15) is 0 Å². The number of nitrogens with zero attached hydrogens (tertiary/aromatic N) is 1. The van der Waals surface area contributed by atoms with E-state index in [0.717, 1.165) is 0 Å². The van der Waals surface area contributed by atoms with E-state index in [2.05, 4.69) is 4.99 Å². The molecule has 0 saturated heterocycles. The van der Waals surface area contributed by atoms with Gasteiger partial charge in [0.05, 0.1) is 0 Å². The standard InChI is InChI=1S/C4H6N2S.ClH/c5-4-6-2-1-3-7-4;/h1-4H,5H2;1H. The summed E-state index contributed by atoms with van der Waals surface area (Å²) >= 11 is 1.52. The summed E-state index contributed by atoms with van der Waals surface area (Å²) in [5.41, 5.74) is 5.28. The van der Waals surface area contributed by atoms with Crippen LogP contribution in [-0.4, -0.2) is 11.7 Å². The fraction of sp³-hybridized carbons (Fsp3) is 0.250. The molecule has 1 aliphatic rings. The Morgan fingerprint density at radius 3 is 2.62 bits per heavy atom. The molecule has 1 aliphatic heterocycles. The summed E-state index contributed by atoms with van der Waals surface area (Å²) in [7, 11) is 0. The summed E-state index contributed by atoms with van der Waals surface area (Å²) in [5.74, 6) is 0. The molecule has 0 radical (unpaired) electrons. The Kier molecular flexibility index (Phi) is 3.95. The van der Waals surface area contributed by atoms with Gasteiger partial charge in [-0.3, -0.25) is 4.99 Å². The molecule has 0 aromatic heterocycles. The zero-order valence-electron chi connectivity index (χ0n) is 4.15. The monoisotopic (exact) mass is 150 g/mol. The molecule has 0 bridgehead atoms. The quantitative estimate of drug-likeness (QED) is 0.559. The van der Waals surface area contributed by atoms with E-state index in [1.165, 1.54) is 11.8 Å². The third-order valence-corrected chi connectivity index (χ3v) is 1.33. The average molecular weight is 151 g/mol. The Bertz CT molecular complexity index is 113. The summed E-state index contributed by atoms with van der Waals surface area (Å²) in [5, 5.41) is 1.93. The molecule has 4 heteroatoms. The number of allylic oxidation sites excluding steroid dienone is 1. The molecule has 0 spiro atoms. The third kappa shape index (κ3) is 2.35. The summed E-state index contributed by atoms with van der Waals surface area (Å²) in [6.07, 6.45) is 3.58. The van der Waals surface area contributed by atoms with Gasteiger partial charge in [0.15, 0.2) is 0 Å². The molecule has 1 rings (SSSR count). The van der Waals surface area contributed by atoms with Crippen molar-refractivity contribution in [2.24, 2.45) is 10.7 Å². The molecule has 1 atom stereocenters. The van der Waals surface area contributed by atoms with E-state index in [1.807, 2.05) is 11.5 Å². The van der Waals surface area contributed by atoms with Gasteiger partial charge in [0.1, 0.15) is 5.50 Å². The van der Waals surface area contributed by atoms with E-state index in [9.17, 15) is 0 Å². The number of halogens is 1. The lowest BCUT2D eigenvalue weighted by atomic mass is 10.7. The molecule has 0 aromatic carbocycles. The Labute approximate surface area is 58.7 Å². The molecule has 0 aliphatic carbocycles. The van der Waals surface area contributed by atoms with Crippen molar-refractivity contribution in [3.05, 3.63) is 11.5 Å². The molecule has 8 heavy (non-hydrogen) atoms. The van der Waals surface area contributed by atoms with Crippen LogP contribution in [0.25, 0.3) is 0 Å². The van der Waals surface area contributed by atoms with E-state index < -0.39 is 0 Å². The van der Waals surface area contributed by atoms with Gasteiger partial charge < -0.3 is 5.73 Å². The predicted octanol–water partition coefficient (Wildman–Crippen LogP) is 0.982. The van der Waals surface area contributed by atoms with Gasteiger partial charge in [0.25, 0.3) is 0 Å². The van der Waals surface area contributed by atoms with Crippen LogP contribution in [0.4, 0.5) is 0 Å². The first kappa shape index (κ1) is 8.01. The van der Waals surface area contributed by atoms with E-state index in [1.54, 1.807) is 6.21 Å². The maximum absolute atomic E-state index is 5.35. The zero-order valence-corrected chi connectivity index (χ0v) is 5.78.